The van der Waals surface area contributed by atoms with E-state index in [9.17, 15) is 4.39 Å². The Morgan fingerprint density at radius 1 is 1.10 bits per heavy atom. The molecule has 0 amide bonds. The molecule has 2 N–H and O–H groups in total. The van der Waals surface area contributed by atoms with Crippen LogP contribution in [0.3, 0.4) is 0 Å². The second-order valence-corrected chi connectivity index (χ2v) is 5.48. The van der Waals surface area contributed by atoms with Gasteiger partial charge < -0.3 is 15.2 Å². The monoisotopic (exact) mass is 298 g/mol. The average Bonchev–Trinajstić information content (AvgIpc) is 2.49. The van der Waals surface area contributed by atoms with Gasteiger partial charge in [-0.1, -0.05) is 12.1 Å². The molecule has 1 aromatic carbocycles. The molecule has 0 aliphatic rings. The minimum absolute atomic E-state index is 0.213. The minimum Gasteiger partial charge on any atom is -0.383 e. The van der Waals surface area contributed by atoms with Gasteiger partial charge in [-0.05, 0) is 31.0 Å². The molecule has 1 unspecified atom stereocenters. The number of halogens is 1. The third-order valence-electron chi connectivity index (χ3n) is 3.83. The van der Waals surface area contributed by atoms with Gasteiger partial charge in [0.15, 0.2) is 0 Å². The first-order chi connectivity index (χ1) is 10.1. The van der Waals surface area contributed by atoms with E-state index in [1.165, 1.54) is 12.1 Å². The highest BCUT2D eigenvalue weighted by molar-refractivity contribution is 5.19. The lowest BCUT2D eigenvalue weighted by Crippen LogP contribution is -2.55. The Labute approximate surface area is 127 Å². The Morgan fingerprint density at radius 2 is 1.62 bits per heavy atom. The van der Waals surface area contributed by atoms with Crippen molar-refractivity contribution in [2.24, 2.45) is 5.73 Å². The van der Waals surface area contributed by atoms with Crippen LogP contribution in [0.4, 0.5) is 4.39 Å². The zero-order valence-corrected chi connectivity index (χ0v) is 13.3. The van der Waals surface area contributed by atoms with Crippen LogP contribution in [0.1, 0.15) is 12.5 Å². The summed E-state index contributed by atoms with van der Waals surface area (Å²) in [6.07, 6.45) is 0.761. The highest BCUT2D eigenvalue weighted by Gasteiger charge is 2.30. The van der Waals surface area contributed by atoms with Crippen LogP contribution in [-0.4, -0.2) is 57.5 Å². The number of rotatable bonds is 10. The summed E-state index contributed by atoms with van der Waals surface area (Å²) < 4.78 is 23.4. The SMILES string of the molecule is COCCN(CCOC)C(C)(CN)Cc1ccc(F)cc1. The number of methoxy groups -OCH3 is 2. The fourth-order valence-electron chi connectivity index (χ4n) is 2.41. The van der Waals surface area contributed by atoms with Crippen molar-refractivity contribution < 1.29 is 13.9 Å². The molecule has 0 aliphatic heterocycles. The van der Waals surface area contributed by atoms with E-state index in [1.54, 1.807) is 14.2 Å². The first-order valence-electron chi connectivity index (χ1n) is 7.23. The molecule has 5 heteroatoms. The number of hydrogen-bond acceptors (Lipinski definition) is 4. The molecule has 0 fully saturated rings. The summed E-state index contributed by atoms with van der Waals surface area (Å²) in [5.74, 6) is -0.219. The highest BCUT2D eigenvalue weighted by Crippen LogP contribution is 2.20. The van der Waals surface area contributed by atoms with Gasteiger partial charge in [0.1, 0.15) is 5.82 Å². The Bertz CT molecular complexity index is 392. The number of hydrogen-bond donors (Lipinski definition) is 1. The molecule has 0 radical (unpaired) electrons. The van der Waals surface area contributed by atoms with Crippen LogP contribution in [-0.2, 0) is 15.9 Å². The Hall–Kier alpha value is -1.01. The van der Waals surface area contributed by atoms with Crippen molar-refractivity contribution in [1.29, 1.82) is 0 Å². The molecule has 0 spiro atoms. The summed E-state index contributed by atoms with van der Waals surface area (Å²) >= 11 is 0. The van der Waals surface area contributed by atoms with Gasteiger partial charge in [0.2, 0.25) is 0 Å². The van der Waals surface area contributed by atoms with Gasteiger partial charge >= 0.3 is 0 Å². The third-order valence-corrected chi connectivity index (χ3v) is 3.83. The van der Waals surface area contributed by atoms with E-state index in [4.69, 9.17) is 15.2 Å². The molecule has 0 saturated carbocycles. The van der Waals surface area contributed by atoms with E-state index >= 15 is 0 Å². The van der Waals surface area contributed by atoms with Crippen molar-refractivity contribution >= 4 is 0 Å². The van der Waals surface area contributed by atoms with Crippen LogP contribution in [0.25, 0.3) is 0 Å². The van der Waals surface area contributed by atoms with Gasteiger partial charge in [-0.3, -0.25) is 4.90 Å². The maximum atomic E-state index is 13.0. The largest absolute Gasteiger partial charge is 0.383 e. The standard InChI is InChI=1S/C16H27FN2O2/c1-16(13-18,12-14-4-6-15(17)7-5-14)19(8-10-20-2)9-11-21-3/h4-7H,8-13,18H2,1-3H3. The quantitative estimate of drug-likeness (QED) is 0.714. The van der Waals surface area contributed by atoms with Crippen LogP contribution in [0.5, 0.6) is 0 Å². The number of nitrogens with zero attached hydrogens (tertiary/aromatic N) is 1. The molecule has 1 aromatic rings. The van der Waals surface area contributed by atoms with Crippen LogP contribution in [0.15, 0.2) is 24.3 Å². The molecule has 1 rings (SSSR count). The van der Waals surface area contributed by atoms with E-state index in [0.29, 0.717) is 19.8 Å². The molecule has 0 heterocycles. The third kappa shape index (κ3) is 5.71. The molecule has 1 atom stereocenters. The second-order valence-electron chi connectivity index (χ2n) is 5.48. The fraction of sp³-hybridized carbons (Fsp3) is 0.625. The molecule has 21 heavy (non-hydrogen) atoms. The number of benzene rings is 1. The summed E-state index contributed by atoms with van der Waals surface area (Å²) in [7, 11) is 3.38. The maximum Gasteiger partial charge on any atom is 0.123 e. The van der Waals surface area contributed by atoms with Crippen LogP contribution < -0.4 is 5.73 Å². The van der Waals surface area contributed by atoms with E-state index in [1.807, 2.05) is 12.1 Å². The van der Waals surface area contributed by atoms with Crippen molar-refractivity contribution in [1.82, 2.24) is 4.90 Å². The van der Waals surface area contributed by atoms with E-state index < -0.39 is 0 Å². The maximum absolute atomic E-state index is 13.0. The predicted molar refractivity (Wildman–Crippen MR) is 82.9 cm³/mol. The van der Waals surface area contributed by atoms with Crippen molar-refractivity contribution in [2.75, 3.05) is 47.1 Å². The van der Waals surface area contributed by atoms with Gasteiger partial charge in [0.05, 0.1) is 13.2 Å². The molecular weight excluding hydrogens is 271 g/mol. The normalized spacial score (nSPS) is 14.4. The Balaban J connectivity index is 2.82. The van der Waals surface area contributed by atoms with Crippen molar-refractivity contribution in [3.63, 3.8) is 0 Å². The van der Waals surface area contributed by atoms with Crippen LogP contribution >= 0.6 is 0 Å². The molecule has 0 saturated heterocycles. The summed E-state index contributed by atoms with van der Waals surface area (Å²) in [5, 5.41) is 0. The lowest BCUT2D eigenvalue weighted by Gasteiger charge is -2.41. The van der Waals surface area contributed by atoms with Crippen molar-refractivity contribution in [2.45, 2.75) is 18.9 Å². The molecule has 0 aromatic heterocycles. The zero-order valence-electron chi connectivity index (χ0n) is 13.3. The first-order valence-corrected chi connectivity index (χ1v) is 7.23. The van der Waals surface area contributed by atoms with Gasteiger partial charge in [-0.2, -0.15) is 0 Å². The van der Waals surface area contributed by atoms with E-state index in [2.05, 4.69) is 11.8 Å². The highest BCUT2D eigenvalue weighted by atomic mass is 19.1. The number of nitrogens with two attached hydrogens (primary N) is 1. The Kier molecular flexibility index (Phi) is 7.82. The molecule has 0 bridgehead atoms. The van der Waals surface area contributed by atoms with Gasteiger partial charge in [-0.25, -0.2) is 4.39 Å². The zero-order chi connectivity index (χ0) is 15.7. The van der Waals surface area contributed by atoms with E-state index in [0.717, 1.165) is 25.1 Å². The minimum atomic E-state index is -0.219. The predicted octanol–water partition coefficient (Wildman–Crippen LogP) is 1.68. The second kappa shape index (κ2) is 9.10. The van der Waals surface area contributed by atoms with E-state index in [-0.39, 0.29) is 11.4 Å². The average molecular weight is 298 g/mol. The van der Waals surface area contributed by atoms with Gasteiger partial charge in [-0.15, -0.1) is 0 Å². The lowest BCUT2D eigenvalue weighted by molar-refractivity contribution is 0.0461. The first kappa shape index (κ1) is 18.0. The van der Waals surface area contributed by atoms with Crippen LogP contribution in [0.2, 0.25) is 0 Å². The van der Waals surface area contributed by atoms with Gasteiger partial charge in [0.25, 0.3) is 0 Å². The summed E-state index contributed by atoms with van der Waals surface area (Å²) in [4.78, 5) is 2.28. The molecular formula is C16H27FN2O2. The Morgan fingerprint density at radius 3 is 2.05 bits per heavy atom. The van der Waals surface area contributed by atoms with Crippen molar-refractivity contribution in [3.05, 3.63) is 35.6 Å². The number of ether oxygens (including phenoxy) is 2. The lowest BCUT2D eigenvalue weighted by atomic mass is 9.90. The topological polar surface area (TPSA) is 47.7 Å². The van der Waals surface area contributed by atoms with Crippen LogP contribution in [0, 0.1) is 5.82 Å². The summed E-state index contributed by atoms with van der Waals surface area (Å²) in [5.41, 5.74) is 6.89. The smallest absolute Gasteiger partial charge is 0.123 e. The summed E-state index contributed by atoms with van der Waals surface area (Å²) in [6, 6.07) is 6.60. The summed E-state index contributed by atoms with van der Waals surface area (Å²) in [6.45, 7) is 5.49. The fourth-order valence-corrected chi connectivity index (χ4v) is 2.41. The molecule has 120 valence electrons. The van der Waals surface area contributed by atoms with Gasteiger partial charge in [0, 0.05) is 39.4 Å². The molecule has 0 aliphatic carbocycles. The molecule has 4 nitrogen and oxygen atoms in total. The van der Waals surface area contributed by atoms with Crippen molar-refractivity contribution in [3.8, 4) is 0 Å².